The SMILES string of the molecule is CC(C)NCCOC(=O)Nc1cccc(Cn2nc(-c3ccc(F)c(F)c3)ccc2=O)c1.Cl. The van der Waals surface area contributed by atoms with E-state index in [4.69, 9.17) is 4.74 Å². The van der Waals surface area contributed by atoms with Crippen molar-refractivity contribution in [3.63, 3.8) is 0 Å². The standard InChI is InChI=1S/C23H24F2N4O3.ClH/c1-15(2)26-10-11-32-23(31)27-18-5-3-4-16(12-18)14-29-22(30)9-8-21(28-29)17-6-7-19(24)20(25)13-17;/h3-9,12-13,15,26H,10-11,14H2,1-2H3,(H,27,31);1H. The molecule has 1 aromatic heterocycles. The van der Waals surface area contributed by atoms with Crippen molar-refractivity contribution in [3.05, 3.63) is 82.1 Å². The van der Waals surface area contributed by atoms with Crippen LogP contribution in [0.5, 0.6) is 0 Å². The van der Waals surface area contributed by atoms with Gasteiger partial charge in [-0.1, -0.05) is 26.0 Å². The Hall–Kier alpha value is -3.30. The van der Waals surface area contributed by atoms with Crippen LogP contribution in [0.4, 0.5) is 19.3 Å². The van der Waals surface area contributed by atoms with E-state index in [0.717, 1.165) is 12.1 Å². The van der Waals surface area contributed by atoms with Crippen LogP contribution in [-0.4, -0.2) is 35.1 Å². The van der Waals surface area contributed by atoms with Gasteiger partial charge in [-0.15, -0.1) is 12.4 Å². The summed E-state index contributed by atoms with van der Waals surface area (Å²) in [5, 5.41) is 10.0. The number of rotatable bonds is 8. The maximum atomic E-state index is 13.6. The Bertz CT molecular complexity index is 1150. The van der Waals surface area contributed by atoms with Crippen molar-refractivity contribution >= 4 is 24.2 Å². The van der Waals surface area contributed by atoms with Crippen LogP contribution < -0.4 is 16.2 Å². The number of amides is 1. The lowest BCUT2D eigenvalue weighted by Crippen LogP contribution is -2.28. The summed E-state index contributed by atoms with van der Waals surface area (Å²) >= 11 is 0. The molecule has 3 rings (SSSR count). The predicted molar refractivity (Wildman–Crippen MR) is 125 cm³/mol. The topological polar surface area (TPSA) is 85.2 Å². The van der Waals surface area contributed by atoms with Crippen molar-refractivity contribution in [1.29, 1.82) is 0 Å². The zero-order valence-corrected chi connectivity index (χ0v) is 19.0. The van der Waals surface area contributed by atoms with Crippen molar-refractivity contribution < 1.29 is 18.3 Å². The number of nitrogens with zero attached hydrogens (tertiary/aromatic N) is 2. The second-order valence-electron chi connectivity index (χ2n) is 7.41. The van der Waals surface area contributed by atoms with Gasteiger partial charge in [0.1, 0.15) is 6.61 Å². The molecule has 2 aromatic carbocycles. The van der Waals surface area contributed by atoms with E-state index in [9.17, 15) is 18.4 Å². The number of hydrogen-bond acceptors (Lipinski definition) is 5. The highest BCUT2D eigenvalue weighted by Gasteiger charge is 2.09. The van der Waals surface area contributed by atoms with Crippen LogP contribution in [0.1, 0.15) is 19.4 Å². The van der Waals surface area contributed by atoms with Gasteiger partial charge in [-0.3, -0.25) is 10.1 Å². The minimum Gasteiger partial charge on any atom is -0.448 e. The van der Waals surface area contributed by atoms with E-state index in [1.165, 1.54) is 22.9 Å². The predicted octanol–water partition coefficient (Wildman–Crippen LogP) is 4.21. The van der Waals surface area contributed by atoms with Gasteiger partial charge in [-0.05, 0) is 42.0 Å². The Morgan fingerprint density at radius 2 is 1.88 bits per heavy atom. The summed E-state index contributed by atoms with van der Waals surface area (Å²) in [5.74, 6) is -1.95. The second-order valence-corrected chi connectivity index (χ2v) is 7.41. The van der Waals surface area contributed by atoms with Gasteiger partial charge in [-0.2, -0.15) is 5.10 Å². The lowest BCUT2D eigenvalue weighted by molar-refractivity contribution is 0.161. The Morgan fingerprint density at radius 1 is 1.09 bits per heavy atom. The molecule has 0 aliphatic carbocycles. The summed E-state index contributed by atoms with van der Waals surface area (Å²) < 4.78 is 33.1. The maximum Gasteiger partial charge on any atom is 0.411 e. The van der Waals surface area contributed by atoms with E-state index in [1.54, 1.807) is 24.3 Å². The van der Waals surface area contributed by atoms with Crippen LogP contribution in [0, 0.1) is 11.6 Å². The number of benzene rings is 2. The highest BCUT2D eigenvalue weighted by atomic mass is 35.5. The van der Waals surface area contributed by atoms with E-state index < -0.39 is 17.7 Å². The van der Waals surface area contributed by atoms with E-state index in [0.29, 0.717) is 35.1 Å². The molecular formula is C23H25ClF2N4O3. The number of hydrogen-bond donors (Lipinski definition) is 2. The van der Waals surface area contributed by atoms with Crippen LogP contribution >= 0.6 is 12.4 Å². The van der Waals surface area contributed by atoms with Gasteiger partial charge in [0, 0.05) is 29.9 Å². The molecule has 0 radical (unpaired) electrons. The molecule has 0 fully saturated rings. The van der Waals surface area contributed by atoms with Crippen LogP contribution in [0.15, 0.2) is 59.4 Å². The number of carbonyl (C=O) groups is 1. The zero-order valence-electron chi connectivity index (χ0n) is 18.2. The van der Waals surface area contributed by atoms with Crippen molar-refractivity contribution in [2.24, 2.45) is 0 Å². The first-order valence-corrected chi connectivity index (χ1v) is 10.1. The number of ether oxygens (including phenoxy) is 1. The van der Waals surface area contributed by atoms with Crippen molar-refractivity contribution in [1.82, 2.24) is 15.1 Å². The summed E-state index contributed by atoms with van der Waals surface area (Å²) in [5.41, 5.74) is 1.54. The van der Waals surface area contributed by atoms with Gasteiger partial charge in [-0.25, -0.2) is 18.3 Å². The molecule has 176 valence electrons. The van der Waals surface area contributed by atoms with Crippen LogP contribution in [0.3, 0.4) is 0 Å². The molecule has 0 bridgehead atoms. The van der Waals surface area contributed by atoms with E-state index in [-0.39, 0.29) is 31.1 Å². The smallest absolute Gasteiger partial charge is 0.411 e. The minimum absolute atomic E-state index is 0. The van der Waals surface area contributed by atoms with Crippen LogP contribution in [0.25, 0.3) is 11.3 Å². The van der Waals surface area contributed by atoms with Crippen LogP contribution in [-0.2, 0) is 11.3 Å². The van der Waals surface area contributed by atoms with Gasteiger partial charge in [0.15, 0.2) is 11.6 Å². The lowest BCUT2D eigenvalue weighted by atomic mass is 10.1. The molecule has 1 heterocycles. The molecule has 33 heavy (non-hydrogen) atoms. The Morgan fingerprint density at radius 3 is 2.61 bits per heavy atom. The number of anilines is 1. The third-order valence-electron chi connectivity index (χ3n) is 4.48. The van der Waals surface area contributed by atoms with Gasteiger partial charge in [0.05, 0.1) is 12.2 Å². The Labute approximate surface area is 196 Å². The third kappa shape index (κ3) is 7.65. The minimum atomic E-state index is -0.993. The molecule has 0 spiro atoms. The molecule has 0 saturated heterocycles. The Kier molecular flexibility index (Phi) is 9.50. The summed E-state index contributed by atoms with van der Waals surface area (Å²) in [6.45, 7) is 4.91. The summed E-state index contributed by atoms with van der Waals surface area (Å²) in [6, 6.07) is 13.4. The average molecular weight is 479 g/mol. The zero-order chi connectivity index (χ0) is 23.1. The van der Waals surface area contributed by atoms with Crippen LogP contribution in [0.2, 0.25) is 0 Å². The fourth-order valence-corrected chi connectivity index (χ4v) is 2.94. The molecule has 1 amide bonds. The van der Waals surface area contributed by atoms with Gasteiger partial charge >= 0.3 is 6.09 Å². The fraction of sp³-hybridized carbons (Fsp3) is 0.261. The molecule has 0 aliphatic heterocycles. The highest BCUT2D eigenvalue weighted by Crippen LogP contribution is 2.19. The van der Waals surface area contributed by atoms with Crippen molar-refractivity contribution in [3.8, 4) is 11.3 Å². The number of aromatic nitrogens is 2. The first kappa shape index (κ1) is 26.0. The Balaban J connectivity index is 0.00000385. The normalized spacial score (nSPS) is 10.6. The molecule has 0 atom stereocenters. The molecule has 0 saturated carbocycles. The summed E-state index contributed by atoms with van der Waals surface area (Å²) in [7, 11) is 0. The molecule has 2 N–H and O–H groups in total. The third-order valence-corrected chi connectivity index (χ3v) is 4.48. The first-order valence-electron chi connectivity index (χ1n) is 10.1. The maximum absolute atomic E-state index is 13.6. The molecule has 0 aliphatic rings. The number of halogens is 3. The van der Waals surface area contributed by atoms with E-state index >= 15 is 0 Å². The van der Waals surface area contributed by atoms with Gasteiger partial charge < -0.3 is 10.1 Å². The molecule has 3 aromatic rings. The number of carbonyl (C=O) groups excluding carboxylic acids is 1. The van der Waals surface area contributed by atoms with Crippen molar-refractivity contribution in [2.75, 3.05) is 18.5 Å². The number of nitrogens with one attached hydrogen (secondary N) is 2. The molecule has 0 unspecified atom stereocenters. The summed E-state index contributed by atoms with van der Waals surface area (Å²) in [6.07, 6.45) is -0.580. The fourth-order valence-electron chi connectivity index (χ4n) is 2.94. The van der Waals surface area contributed by atoms with E-state index in [2.05, 4.69) is 15.7 Å². The average Bonchev–Trinajstić information content (AvgIpc) is 2.75. The van der Waals surface area contributed by atoms with E-state index in [1.807, 2.05) is 13.8 Å². The monoisotopic (exact) mass is 478 g/mol. The van der Waals surface area contributed by atoms with Gasteiger partial charge in [0.2, 0.25) is 0 Å². The van der Waals surface area contributed by atoms with Gasteiger partial charge in [0.25, 0.3) is 5.56 Å². The highest BCUT2D eigenvalue weighted by molar-refractivity contribution is 5.85. The lowest BCUT2D eigenvalue weighted by Gasteiger charge is -2.11. The second kappa shape index (κ2) is 12.1. The first-order chi connectivity index (χ1) is 15.3. The largest absolute Gasteiger partial charge is 0.448 e. The quantitative estimate of drug-likeness (QED) is 0.474. The molecule has 10 heteroatoms. The van der Waals surface area contributed by atoms with Crippen molar-refractivity contribution in [2.45, 2.75) is 26.4 Å². The molecule has 7 nitrogen and oxygen atoms in total. The molecular weight excluding hydrogens is 454 g/mol. The summed E-state index contributed by atoms with van der Waals surface area (Å²) in [4.78, 5) is 24.2.